The summed E-state index contributed by atoms with van der Waals surface area (Å²) >= 11 is 4.15. The molecular weight excluding hydrogens is 424 g/mol. The highest BCUT2D eigenvalue weighted by atomic mass is 32.2. The number of hydrogen-bond acceptors (Lipinski definition) is 2. The topological polar surface area (TPSA) is 0 Å². The molecule has 0 unspecified atom stereocenters. The summed E-state index contributed by atoms with van der Waals surface area (Å²) < 4.78 is 0. The summed E-state index contributed by atoms with van der Waals surface area (Å²) in [6, 6.07) is 27.8. The lowest BCUT2D eigenvalue weighted by atomic mass is 10.0. The van der Waals surface area contributed by atoms with Gasteiger partial charge in [-0.3, -0.25) is 0 Å². The van der Waals surface area contributed by atoms with Gasteiger partial charge in [0.15, 0.2) is 0 Å². The zero-order chi connectivity index (χ0) is 21.1. The Bertz CT molecular complexity index is 1170. The number of fused-ring (bicyclic) bond motifs is 2. The molecule has 156 valence electrons. The van der Waals surface area contributed by atoms with Crippen LogP contribution < -0.4 is 0 Å². The molecule has 3 aliphatic rings. The average molecular weight is 449 g/mol. The van der Waals surface area contributed by atoms with Crippen LogP contribution in [0.1, 0.15) is 44.5 Å². The highest BCUT2D eigenvalue weighted by Gasteiger charge is 2.25. The van der Waals surface area contributed by atoms with Crippen molar-refractivity contribution in [2.45, 2.75) is 35.9 Å². The van der Waals surface area contributed by atoms with E-state index >= 15 is 0 Å². The van der Waals surface area contributed by atoms with Gasteiger partial charge in [-0.1, -0.05) is 72.8 Å². The lowest BCUT2D eigenvalue weighted by molar-refractivity contribution is 1.15. The molecule has 0 aromatic heterocycles. The summed E-state index contributed by atoms with van der Waals surface area (Å²) in [5, 5.41) is 0. The molecule has 2 heteroatoms. The van der Waals surface area contributed by atoms with Crippen LogP contribution in [-0.2, 0) is 35.9 Å². The summed E-state index contributed by atoms with van der Waals surface area (Å²) in [4.78, 5) is 0. The second-order valence-corrected chi connectivity index (χ2v) is 11.1. The highest BCUT2D eigenvalue weighted by molar-refractivity contribution is 7.98. The van der Waals surface area contributed by atoms with Crippen molar-refractivity contribution in [1.29, 1.82) is 0 Å². The first-order valence-electron chi connectivity index (χ1n) is 11.5. The molecule has 0 saturated heterocycles. The zero-order valence-electron chi connectivity index (χ0n) is 18.0. The molecule has 0 amide bonds. The Kier molecular flexibility index (Phi) is 4.52. The quantitative estimate of drug-likeness (QED) is 0.231. The molecule has 32 heavy (non-hydrogen) atoms. The predicted octanol–water partition coefficient (Wildman–Crippen LogP) is 8.01. The fraction of sp³-hybridized carbons (Fsp3) is 0.200. The van der Waals surface area contributed by atoms with Crippen molar-refractivity contribution in [2.75, 3.05) is 0 Å². The molecule has 1 heterocycles. The van der Waals surface area contributed by atoms with Crippen molar-refractivity contribution in [2.24, 2.45) is 0 Å². The van der Waals surface area contributed by atoms with Gasteiger partial charge in [0.05, 0.1) is 0 Å². The van der Waals surface area contributed by atoms with Crippen molar-refractivity contribution < 1.29 is 0 Å². The maximum absolute atomic E-state index is 2.35. The van der Waals surface area contributed by atoms with Crippen LogP contribution in [0.5, 0.6) is 0 Å². The van der Waals surface area contributed by atoms with Crippen molar-refractivity contribution in [3.05, 3.63) is 117 Å². The molecule has 0 spiro atoms. The lowest BCUT2D eigenvalue weighted by Crippen LogP contribution is -1.96. The minimum Gasteiger partial charge on any atom is -0.152 e. The Balaban J connectivity index is 1.34. The summed E-state index contributed by atoms with van der Waals surface area (Å²) in [5.41, 5.74) is 18.2. The van der Waals surface area contributed by atoms with Gasteiger partial charge >= 0.3 is 0 Å². The Hall–Kier alpha value is -2.42. The standard InChI is InChI=1S/C30H24S2/c1-5-19-15-31-16-21-7-3-11-25-26-12-4-8-22(30(26)14-29(21)25)18-32-17-20-6-2-10-24-23(9-1)27(19)13-28(20)24/h1-12H,13-18H2. The maximum Gasteiger partial charge on any atom is 0.0190 e. The van der Waals surface area contributed by atoms with Gasteiger partial charge in [-0.05, 0) is 79.6 Å². The lowest BCUT2D eigenvalue weighted by Gasteiger charge is -2.12. The van der Waals surface area contributed by atoms with Crippen LogP contribution in [0.3, 0.4) is 0 Å². The third-order valence-electron chi connectivity index (χ3n) is 7.41. The monoisotopic (exact) mass is 448 g/mol. The minimum atomic E-state index is 1.09. The van der Waals surface area contributed by atoms with E-state index < -0.39 is 0 Å². The third-order valence-corrected chi connectivity index (χ3v) is 9.47. The van der Waals surface area contributed by atoms with Gasteiger partial charge in [0, 0.05) is 23.0 Å². The van der Waals surface area contributed by atoms with E-state index in [0.717, 1.165) is 35.9 Å². The predicted molar refractivity (Wildman–Crippen MR) is 139 cm³/mol. The van der Waals surface area contributed by atoms with Crippen LogP contribution in [0, 0.1) is 0 Å². The molecule has 2 aliphatic carbocycles. The molecule has 0 radical (unpaired) electrons. The molecule has 4 aromatic rings. The normalized spacial score (nSPS) is 15.8. The summed E-state index contributed by atoms with van der Waals surface area (Å²) in [7, 11) is 0. The van der Waals surface area contributed by atoms with Crippen LogP contribution in [0.25, 0.3) is 22.3 Å². The highest BCUT2D eigenvalue weighted by Crippen LogP contribution is 2.44. The van der Waals surface area contributed by atoms with Crippen molar-refractivity contribution in [3.63, 3.8) is 0 Å². The van der Waals surface area contributed by atoms with Gasteiger partial charge in [-0.2, -0.15) is 23.5 Å². The average Bonchev–Trinajstić information content (AvgIpc) is 3.39. The van der Waals surface area contributed by atoms with E-state index in [4.69, 9.17) is 0 Å². The van der Waals surface area contributed by atoms with Crippen LogP contribution in [0.15, 0.2) is 72.8 Å². The molecular formula is C30H24S2. The molecule has 4 aromatic carbocycles. The smallest absolute Gasteiger partial charge is 0.0190 e. The van der Waals surface area contributed by atoms with Gasteiger partial charge in [-0.15, -0.1) is 0 Å². The van der Waals surface area contributed by atoms with Crippen LogP contribution in [-0.4, -0.2) is 0 Å². The summed E-state index contributed by atoms with van der Waals surface area (Å²) in [5.74, 6) is 4.35. The van der Waals surface area contributed by atoms with E-state index in [0.29, 0.717) is 0 Å². The Morgan fingerprint density at radius 1 is 0.375 bits per heavy atom. The van der Waals surface area contributed by atoms with Crippen LogP contribution in [0.2, 0.25) is 0 Å². The molecule has 0 atom stereocenters. The van der Waals surface area contributed by atoms with Crippen molar-refractivity contribution in [3.8, 4) is 22.3 Å². The first kappa shape index (κ1) is 19.1. The second kappa shape index (κ2) is 7.57. The van der Waals surface area contributed by atoms with Gasteiger partial charge < -0.3 is 0 Å². The summed E-state index contributed by atoms with van der Waals surface area (Å²) in [6.07, 6.45) is 2.19. The maximum atomic E-state index is 2.35. The Morgan fingerprint density at radius 3 is 0.938 bits per heavy atom. The van der Waals surface area contributed by atoms with Gasteiger partial charge in [0.25, 0.3) is 0 Å². The number of thioether (sulfide) groups is 2. The zero-order valence-corrected chi connectivity index (χ0v) is 19.6. The van der Waals surface area contributed by atoms with E-state index in [9.17, 15) is 0 Å². The number of hydrogen-bond donors (Lipinski definition) is 0. The number of rotatable bonds is 0. The van der Waals surface area contributed by atoms with E-state index in [1.165, 1.54) is 44.5 Å². The van der Waals surface area contributed by atoms with E-state index in [1.807, 2.05) is 0 Å². The minimum absolute atomic E-state index is 1.09. The summed E-state index contributed by atoms with van der Waals surface area (Å²) in [6.45, 7) is 0. The van der Waals surface area contributed by atoms with Crippen molar-refractivity contribution in [1.82, 2.24) is 0 Å². The first-order valence-corrected chi connectivity index (χ1v) is 13.8. The second-order valence-electron chi connectivity index (χ2n) is 9.11. The third kappa shape index (κ3) is 2.93. The fourth-order valence-corrected chi connectivity index (χ4v) is 7.98. The molecule has 0 N–H and O–H groups in total. The van der Waals surface area contributed by atoms with E-state index in [-0.39, 0.29) is 0 Å². The molecule has 0 fully saturated rings. The van der Waals surface area contributed by atoms with Gasteiger partial charge in [0.1, 0.15) is 0 Å². The van der Waals surface area contributed by atoms with Crippen molar-refractivity contribution >= 4 is 23.5 Å². The molecule has 1 aliphatic heterocycles. The molecule has 4 bridgehead atoms. The van der Waals surface area contributed by atoms with E-state index in [2.05, 4.69) is 96.3 Å². The van der Waals surface area contributed by atoms with Crippen LogP contribution >= 0.6 is 23.5 Å². The van der Waals surface area contributed by atoms with Crippen LogP contribution in [0.4, 0.5) is 0 Å². The van der Waals surface area contributed by atoms with E-state index in [1.54, 1.807) is 22.3 Å². The Labute approximate surface area is 198 Å². The largest absolute Gasteiger partial charge is 0.152 e. The molecule has 0 nitrogen and oxygen atoms in total. The van der Waals surface area contributed by atoms with Gasteiger partial charge in [0.2, 0.25) is 0 Å². The fourth-order valence-electron chi connectivity index (χ4n) is 5.82. The number of benzene rings is 4. The molecule has 0 saturated carbocycles. The van der Waals surface area contributed by atoms with Gasteiger partial charge in [-0.25, -0.2) is 0 Å². The SMILES string of the molecule is c1cc2c3c(c1)-c1cccc(c1C3)CSCc1cccc3c1Cc1c(cccc1-3)CSC2. The first-order chi connectivity index (χ1) is 15.9. The Morgan fingerprint density at radius 2 is 0.656 bits per heavy atom. The molecule has 7 rings (SSSR count).